The monoisotopic (exact) mass is 589 g/mol. The predicted molar refractivity (Wildman–Crippen MR) is 169 cm³/mol. The van der Waals surface area contributed by atoms with Crippen molar-refractivity contribution >= 4 is 35.2 Å². The lowest BCUT2D eigenvalue weighted by Crippen LogP contribution is -2.53. The molecule has 3 rings (SSSR count). The standard InChI is InChI=1S/C34H40ClN3O4/c1-8-20-38(32(40)28(21-25-16-10-9-11-17-25)36-33(41)42-34(5,6)7)30(26-18-12-14-22(2)24(26)4)31(39)37-29-23(3)15-13-19-27(29)35/h8-19,28,30H,1,20-21H2,2-7H3,(H,36,41)(H,37,39). The number of hydrogen-bond donors (Lipinski definition) is 2. The minimum atomic E-state index is -1.05. The van der Waals surface area contributed by atoms with E-state index in [0.29, 0.717) is 16.3 Å². The number of aryl methyl sites for hydroxylation is 2. The average Bonchev–Trinajstić information content (AvgIpc) is 2.91. The van der Waals surface area contributed by atoms with Crippen molar-refractivity contribution in [1.29, 1.82) is 0 Å². The van der Waals surface area contributed by atoms with Gasteiger partial charge in [0.1, 0.15) is 17.7 Å². The fraction of sp³-hybridized carbons (Fsp3) is 0.324. The maximum absolute atomic E-state index is 14.4. The lowest BCUT2D eigenvalue weighted by atomic mass is 9.94. The molecule has 0 fully saturated rings. The Morgan fingerprint density at radius 2 is 1.60 bits per heavy atom. The molecule has 0 heterocycles. The third-order valence-electron chi connectivity index (χ3n) is 6.85. The molecule has 0 spiro atoms. The number of nitrogens with zero attached hydrogens (tertiary/aromatic N) is 1. The van der Waals surface area contributed by atoms with E-state index in [-0.39, 0.29) is 13.0 Å². The summed E-state index contributed by atoms with van der Waals surface area (Å²) < 4.78 is 5.49. The zero-order valence-electron chi connectivity index (χ0n) is 25.2. The van der Waals surface area contributed by atoms with Crippen molar-refractivity contribution in [3.63, 3.8) is 0 Å². The Balaban J connectivity index is 2.11. The first-order valence-electron chi connectivity index (χ1n) is 13.9. The molecule has 7 nitrogen and oxygen atoms in total. The third-order valence-corrected chi connectivity index (χ3v) is 7.17. The van der Waals surface area contributed by atoms with Crippen LogP contribution >= 0.6 is 11.6 Å². The number of carbonyl (C=O) groups is 3. The van der Waals surface area contributed by atoms with Crippen LogP contribution in [0.5, 0.6) is 0 Å². The number of benzene rings is 3. The fourth-order valence-corrected chi connectivity index (χ4v) is 4.93. The molecule has 0 aliphatic rings. The Bertz CT molecular complexity index is 1410. The molecule has 3 amide bonds. The summed E-state index contributed by atoms with van der Waals surface area (Å²) in [4.78, 5) is 43.0. The molecule has 0 saturated carbocycles. The highest BCUT2D eigenvalue weighted by molar-refractivity contribution is 6.34. The number of amides is 3. The molecule has 0 aromatic heterocycles. The first kappa shape index (κ1) is 32.4. The van der Waals surface area contributed by atoms with E-state index in [4.69, 9.17) is 16.3 Å². The van der Waals surface area contributed by atoms with Crippen LogP contribution in [0.15, 0.2) is 79.4 Å². The number of carbonyl (C=O) groups excluding carboxylic acids is 3. The quantitative estimate of drug-likeness (QED) is 0.247. The summed E-state index contributed by atoms with van der Waals surface area (Å²) in [6.07, 6.45) is 1.03. The summed E-state index contributed by atoms with van der Waals surface area (Å²) in [5.41, 5.74) is 3.82. The van der Waals surface area contributed by atoms with Crippen LogP contribution in [0.3, 0.4) is 0 Å². The summed E-state index contributed by atoms with van der Waals surface area (Å²) in [6.45, 7) is 14.9. The van der Waals surface area contributed by atoms with Crippen molar-refractivity contribution in [2.45, 2.75) is 65.6 Å². The molecule has 0 saturated heterocycles. The van der Waals surface area contributed by atoms with Crippen molar-refractivity contribution in [3.05, 3.63) is 112 Å². The summed E-state index contributed by atoms with van der Waals surface area (Å²) in [6, 6.07) is 18.3. The molecular formula is C34H40ClN3O4. The van der Waals surface area contributed by atoms with E-state index in [1.807, 2.05) is 75.4 Å². The van der Waals surface area contributed by atoms with Gasteiger partial charge in [0.2, 0.25) is 5.91 Å². The minimum Gasteiger partial charge on any atom is -0.444 e. The van der Waals surface area contributed by atoms with Crippen LogP contribution in [0.25, 0.3) is 0 Å². The average molecular weight is 590 g/mol. The van der Waals surface area contributed by atoms with Crippen LogP contribution in [0.1, 0.15) is 54.6 Å². The molecule has 0 aliphatic carbocycles. The highest BCUT2D eigenvalue weighted by Gasteiger charge is 2.37. The fourth-order valence-electron chi connectivity index (χ4n) is 4.66. The van der Waals surface area contributed by atoms with Crippen molar-refractivity contribution in [3.8, 4) is 0 Å². The van der Waals surface area contributed by atoms with Gasteiger partial charge in [0.05, 0.1) is 10.7 Å². The second-order valence-corrected chi connectivity index (χ2v) is 11.7. The number of hydrogen-bond acceptors (Lipinski definition) is 4. The molecule has 2 atom stereocenters. The number of nitrogens with one attached hydrogen (secondary N) is 2. The number of anilines is 1. The maximum Gasteiger partial charge on any atom is 0.408 e. The van der Waals surface area contributed by atoms with Crippen LogP contribution in [-0.4, -0.2) is 41.0 Å². The number of para-hydroxylation sites is 1. The van der Waals surface area contributed by atoms with Gasteiger partial charge in [-0.3, -0.25) is 9.59 Å². The number of ether oxygens (including phenoxy) is 1. The lowest BCUT2D eigenvalue weighted by molar-refractivity contribution is -0.140. The second kappa shape index (κ2) is 14.2. The van der Waals surface area contributed by atoms with Gasteiger partial charge >= 0.3 is 6.09 Å². The molecule has 8 heteroatoms. The molecule has 0 bridgehead atoms. The van der Waals surface area contributed by atoms with Crippen LogP contribution in [0, 0.1) is 20.8 Å². The third kappa shape index (κ3) is 8.46. The second-order valence-electron chi connectivity index (χ2n) is 11.3. The van der Waals surface area contributed by atoms with Gasteiger partial charge in [-0.25, -0.2) is 4.79 Å². The number of rotatable bonds is 10. The van der Waals surface area contributed by atoms with Gasteiger partial charge in [-0.1, -0.05) is 78.3 Å². The molecule has 222 valence electrons. The van der Waals surface area contributed by atoms with E-state index in [9.17, 15) is 14.4 Å². The normalized spacial score (nSPS) is 12.5. The lowest BCUT2D eigenvalue weighted by Gasteiger charge is -2.35. The van der Waals surface area contributed by atoms with Crippen LogP contribution in [-0.2, 0) is 20.7 Å². The first-order chi connectivity index (χ1) is 19.8. The van der Waals surface area contributed by atoms with E-state index in [0.717, 1.165) is 22.3 Å². The molecule has 42 heavy (non-hydrogen) atoms. The van der Waals surface area contributed by atoms with Gasteiger partial charge in [0.15, 0.2) is 0 Å². The van der Waals surface area contributed by atoms with Crippen LogP contribution in [0.4, 0.5) is 10.5 Å². The smallest absolute Gasteiger partial charge is 0.408 e. The molecule has 3 aromatic rings. The maximum atomic E-state index is 14.4. The van der Waals surface area contributed by atoms with Gasteiger partial charge in [-0.2, -0.15) is 0 Å². The first-order valence-corrected chi connectivity index (χ1v) is 14.3. The molecular weight excluding hydrogens is 550 g/mol. The molecule has 2 N–H and O–H groups in total. The van der Waals surface area contributed by atoms with Gasteiger partial charge in [0.25, 0.3) is 5.91 Å². The van der Waals surface area contributed by atoms with Gasteiger partial charge < -0.3 is 20.3 Å². The number of halogens is 1. The number of alkyl carbamates (subject to hydrolysis) is 1. The largest absolute Gasteiger partial charge is 0.444 e. The molecule has 2 unspecified atom stereocenters. The Morgan fingerprint density at radius 3 is 2.21 bits per heavy atom. The summed E-state index contributed by atoms with van der Waals surface area (Å²) >= 11 is 6.46. The highest BCUT2D eigenvalue weighted by atomic mass is 35.5. The summed E-state index contributed by atoms with van der Waals surface area (Å²) in [7, 11) is 0. The zero-order chi connectivity index (χ0) is 31.0. The summed E-state index contributed by atoms with van der Waals surface area (Å²) in [5, 5.41) is 6.11. The van der Waals surface area contributed by atoms with Crippen molar-refractivity contribution in [2.75, 3.05) is 11.9 Å². The molecule has 3 aromatic carbocycles. The Morgan fingerprint density at radius 1 is 0.952 bits per heavy atom. The van der Waals surface area contributed by atoms with E-state index in [1.54, 1.807) is 39.0 Å². The van der Waals surface area contributed by atoms with Crippen molar-refractivity contribution in [1.82, 2.24) is 10.2 Å². The van der Waals surface area contributed by atoms with E-state index < -0.39 is 35.6 Å². The van der Waals surface area contributed by atoms with E-state index >= 15 is 0 Å². The topological polar surface area (TPSA) is 87.7 Å². The van der Waals surface area contributed by atoms with Crippen molar-refractivity contribution in [2.24, 2.45) is 0 Å². The molecule has 0 aliphatic heterocycles. The van der Waals surface area contributed by atoms with Crippen LogP contribution < -0.4 is 10.6 Å². The Labute approximate surface area is 253 Å². The molecule has 0 radical (unpaired) electrons. The SMILES string of the molecule is C=CCN(C(=O)C(Cc1ccccc1)NC(=O)OC(C)(C)C)C(C(=O)Nc1c(C)cccc1Cl)c1cccc(C)c1C. The zero-order valence-corrected chi connectivity index (χ0v) is 25.9. The van der Waals surface area contributed by atoms with Crippen LogP contribution in [0.2, 0.25) is 5.02 Å². The van der Waals surface area contributed by atoms with Gasteiger partial charge in [-0.15, -0.1) is 6.58 Å². The minimum absolute atomic E-state index is 0.0487. The van der Waals surface area contributed by atoms with Crippen molar-refractivity contribution < 1.29 is 19.1 Å². The van der Waals surface area contributed by atoms with E-state index in [1.165, 1.54) is 4.90 Å². The van der Waals surface area contributed by atoms with E-state index in [2.05, 4.69) is 17.2 Å². The predicted octanol–water partition coefficient (Wildman–Crippen LogP) is 7.10. The van der Waals surface area contributed by atoms with Gasteiger partial charge in [0, 0.05) is 13.0 Å². The summed E-state index contributed by atoms with van der Waals surface area (Å²) in [5.74, 6) is -0.896. The Kier molecular flexibility index (Phi) is 10.9. The van der Waals surface area contributed by atoms with Gasteiger partial charge in [-0.05, 0) is 75.4 Å². The Hall–Kier alpha value is -4.10. The highest BCUT2D eigenvalue weighted by Crippen LogP contribution is 2.31.